The number of hydrogen-bond donors (Lipinski definition) is 2. The molecule has 7 nitrogen and oxygen atoms in total. The predicted octanol–water partition coefficient (Wildman–Crippen LogP) is 2.00. The molecule has 2 aliphatic rings. The lowest BCUT2D eigenvalue weighted by Gasteiger charge is -2.21. The lowest BCUT2D eigenvalue weighted by Crippen LogP contribution is -2.38. The van der Waals surface area contributed by atoms with E-state index in [9.17, 15) is 4.79 Å². The second-order valence-corrected chi connectivity index (χ2v) is 6.98. The molecule has 0 saturated carbocycles. The van der Waals surface area contributed by atoms with Crippen molar-refractivity contribution in [2.45, 2.75) is 31.5 Å². The Morgan fingerprint density at radius 1 is 1.18 bits per heavy atom. The summed E-state index contributed by atoms with van der Waals surface area (Å²) in [6.45, 7) is 2.99. The molecule has 160 valence electrons. The van der Waals surface area contributed by atoms with Gasteiger partial charge in [-0.15, -0.1) is 24.8 Å². The van der Waals surface area contributed by atoms with E-state index in [2.05, 4.69) is 10.2 Å². The van der Waals surface area contributed by atoms with Crippen molar-refractivity contribution >= 4 is 36.4 Å². The van der Waals surface area contributed by atoms with Gasteiger partial charge in [0.05, 0.1) is 20.3 Å². The molecule has 3 rings (SSSR count). The summed E-state index contributed by atoms with van der Waals surface area (Å²) in [5, 5.41) is 3.05. The molecule has 3 N–H and O–H groups in total. The first-order valence-corrected chi connectivity index (χ1v) is 9.24. The maximum Gasteiger partial charge on any atom is 0.249 e. The zero-order valence-corrected chi connectivity index (χ0v) is 18.0. The summed E-state index contributed by atoms with van der Waals surface area (Å²) in [6, 6.07) is 5.90. The van der Waals surface area contributed by atoms with Crippen LogP contribution in [0.2, 0.25) is 0 Å². The molecule has 9 heteroatoms. The zero-order chi connectivity index (χ0) is 18.5. The van der Waals surface area contributed by atoms with Gasteiger partial charge >= 0.3 is 0 Å². The minimum absolute atomic E-state index is 0. The quantitative estimate of drug-likeness (QED) is 0.680. The zero-order valence-electron chi connectivity index (χ0n) is 16.4. The number of nitrogens with two attached hydrogens (primary N) is 1. The van der Waals surface area contributed by atoms with E-state index in [-0.39, 0.29) is 42.9 Å². The third kappa shape index (κ3) is 6.04. The molecule has 0 radical (unpaired) electrons. The molecule has 0 aliphatic carbocycles. The molecule has 3 atom stereocenters. The van der Waals surface area contributed by atoms with Crippen molar-refractivity contribution in [1.29, 1.82) is 0 Å². The maximum atomic E-state index is 12.3. The van der Waals surface area contributed by atoms with Crippen LogP contribution in [0.4, 0.5) is 5.69 Å². The molecule has 0 spiro atoms. The smallest absolute Gasteiger partial charge is 0.249 e. The van der Waals surface area contributed by atoms with Crippen molar-refractivity contribution in [3.05, 3.63) is 18.2 Å². The fourth-order valence-corrected chi connectivity index (χ4v) is 3.64. The first kappa shape index (κ1) is 24.6. The second-order valence-electron chi connectivity index (χ2n) is 6.98. The van der Waals surface area contributed by atoms with Crippen LogP contribution in [0.1, 0.15) is 19.3 Å². The molecular weight excluding hydrogens is 405 g/mol. The number of hydrogen-bond acceptors (Lipinski definition) is 6. The minimum Gasteiger partial charge on any atom is -0.497 e. The monoisotopic (exact) mass is 435 g/mol. The highest BCUT2D eigenvalue weighted by molar-refractivity contribution is 5.85. The van der Waals surface area contributed by atoms with Crippen LogP contribution in [-0.4, -0.2) is 58.5 Å². The van der Waals surface area contributed by atoms with E-state index >= 15 is 0 Å². The third-order valence-electron chi connectivity index (χ3n) is 5.22. The van der Waals surface area contributed by atoms with Crippen molar-refractivity contribution < 1.29 is 19.0 Å². The number of halogens is 2. The van der Waals surface area contributed by atoms with E-state index in [4.69, 9.17) is 19.9 Å². The van der Waals surface area contributed by atoms with Crippen LogP contribution in [0.3, 0.4) is 0 Å². The van der Waals surface area contributed by atoms with E-state index < -0.39 is 0 Å². The Balaban J connectivity index is 0.00000196. The number of nitrogens with zero attached hydrogens (tertiary/aromatic N) is 1. The van der Waals surface area contributed by atoms with Crippen molar-refractivity contribution in [3.8, 4) is 11.5 Å². The fraction of sp³-hybridized carbons (Fsp3) is 0.632. The Hall–Kier alpha value is -1.41. The van der Waals surface area contributed by atoms with Crippen LogP contribution >= 0.6 is 24.8 Å². The predicted molar refractivity (Wildman–Crippen MR) is 114 cm³/mol. The van der Waals surface area contributed by atoms with Crippen LogP contribution in [0.5, 0.6) is 11.5 Å². The molecule has 28 heavy (non-hydrogen) atoms. The van der Waals surface area contributed by atoms with Gasteiger partial charge in [-0.05, 0) is 25.2 Å². The number of carbonyl (C=O) groups is 1. The largest absolute Gasteiger partial charge is 0.497 e. The molecule has 2 aliphatic heterocycles. The van der Waals surface area contributed by atoms with E-state index in [1.54, 1.807) is 14.2 Å². The van der Waals surface area contributed by atoms with Gasteiger partial charge < -0.3 is 30.2 Å². The van der Waals surface area contributed by atoms with Gasteiger partial charge in [0.2, 0.25) is 5.91 Å². The summed E-state index contributed by atoms with van der Waals surface area (Å²) in [7, 11) is 3.31. The third-order valence-corrected chi connectivity index (χ3v) is 5.22. The van der Waals surface area contributed by atoms with Crippen LogP contribution in [0.15, 0.2) is 18.2 Å². The lowest BCUT2D eigenvalue weighted by molar-refractivity contribution is -0.132. The Kier molecular flexibility index (Phi) is 10.2. The summed E-state index contributed by atoms with van der Waals surface area (Å²) in [4.78, 5) is 14.6. The van der Waals surface area contributed by atoms with Gasteiger partial charge in [0.1, 0.15) is 17.6 Å². The van der Waals surface area contributed by atoms with Crippen molar-refractivity contribution in [2.24, 2.45) is 11.7 Å². The van der Waals surface area contributed by atoms with Crippen molar-refractivity contribution in [1.82, 2.24) is 5.32 Å². The summed E-state index contributed by atoms with van der Waals surface area (Å²) in [5.41, 5.74) is 6.68. The number of benzene rings is 1. The molecule has 0 bridgehead atoms. The van der Waals surface area contributed by atoms with Crippen LogP contribution < -0.4 is 25.4 Å². The molecule has 1 aromatic carbocycles. The van der Waals surface area contributed by atoms with Gasteiger partial charge in [0, 0.05) is 50.1 Å². The van der Waals surface area contributed by atoms with Crippen LogP contribution in [0, 0.1) is 5.92 Å². The molecule has 1 aromatic rings. The normalized spacial score (nSPS) is 23.5. The Bertz CT molecular complexity index is 613. The average molecular weight is 436 g/mol. The Morgan fingerprint density at radius 3 is 2.43 bits per heavy atom. The number of ether oxygens (including phenoxy) is 3. The topological polar surface area (TPSA) is 86.1 Å². The molecule has 1 unspecified atom stereocenters. The van der Waals surface area contributed by atoms with E-state index in [1.807, 2.05) is 18.2 Å². The number of methoxy groups -OCH3 is 2. The van der Waals surface area contributed by atoms with E-state index in [0.29, 0.717) is 19.0 Å². The van der Waals surface area contributed by atoms with E-state index in [1.165, 1.54) is 0 Å². The highest BCUT2D eigenvalue weighted by atomic mass is 35.5. The minimum atomic E-state index is -0.344. The average Bonchev–Trinajstić information content (AvgIpc) is 3.35. The van der Waals surface area contributed by atoms with E-state index in [0.717, 1.165) is 49.5 Å². The van der Waals surface area contributed by atoms with Crippen molar-refractivity contribution in [2.75, 3.05) is 45.3 Å². The number of anilines is 1. The fourth-order valence-electron chi connectivity index (χ4n) is 3.64. The van der Waals surface area contributed by atoms with Gasteiger partial charge in [-0.25, -0.2) is 0 Å². The summed E-state index contributed by atoms with van der Waals surface area (Å²) < 4.78 is 16.4. The molecule has 2 fully saturated rings. The molecule has 2 heterocycles. The highest BCUT2D eigenvalue weighted by Gasteiger charge is 2.31. The number of nitrogens with one attached hydrogen (secondary N) is 1. The molecule has 0 aromatic heterocycles. The molecular formula is C19H31Cl2N3O4. The first-order chi connectivity index (χ1) is 12.6. The maximum absolute atomic E-state index is 12.3. The second kappa shape index (κ2) is 11.6. The van der Waals surface area contributed by atoms with Gasteiger partial charge in [-0.3, -0.25) is 4.79 Å². The SMILES string of the molecule is COc1cc(OC)cc(N2CCC(CNC(=O)[C@@H]3CC[C@H](CN)O3)C2)c1.Cl.Cl. The van der Waals surface area contributed by atoms with Gasteiger partial charge in [-0.2, -0.15) is 0 Å². The number of carbonyl (C=O) groups excluding carboxylic acids is 1. The number of rotatable bonds is 7. The lowest BCUT2D eigenvalue weighted by atomic mass is 10.1. The van der Waals surface area contributed by atoms with Crippen molar-refractivity contribution in [3.63, 3.8) is 0 Å². The van der Waals surface area contributed by atoms with Gasteiger partial charge in [0.15, 0.2) is 0 Å². The number of amides is 1. The highest BCUT2D eigenvalue weighted by Crippen LogP contribution is 2.31. The summed E-state index contributed by atoms with van der Waals surface area (Å²) in [6.07, 6.45) is 2.34. The standard InChI is InChI=1S/C19H29N3O4.2ClH/c1-24-16-7-14(8-17(9-16)25-2)22-6-5-13(12-22)11-21-19(23)18-4-3-15(10-20)26-18;;/h7-9,13,15,18H,3-6,10-12,20H2,1-2H3,(H,21,23);2*1H/t13?,15-,18+;;/m1../s1. The summed E-state index contributed by atoms with van der Waals surface area (Å²) >= 11 is 0. The van der Waals surface area contributed by atoms with Gasteiger partial charge in [0.25, 0.3) is 0 Å². The molecule has 1 amide bonds. The Morgan fingerprint density at radius 2 is 1.86 bits per heavy atom. The summed E-state index contributed by atoms with van der Waals surface area (Å²) in [5.74, 6) is 1.97. The van der Waals surface area contributed by atoms with Crippen LogP contribution in [-0.2, 0) is 9.53 Å². The van der Waals surface area contributed by atoms with Gasteiger partial charge in [-0.1, -0.05) is 0 Å². The van der Waals surface area contributed by atoms with Crippen LogP contribution in [0.25, 0.3) is 0 Å². The Labute approximate surface area is 179 Å². The molecule has 2 saturated heterocycles. The first-order valence-electron chi connectivity index (χ1n) is 9.24.